The number of rotatable bonds is 5. The summed E-state index contributed by atoms with van der Waals surface area (Å²) in [5.41, 5.74) is 1.77. The van der Waals surface area contributed by atoms with Crippen molar-refractivity contribution in [2.24, 2.45) is 0 Å². The van der Waals surface area contributed by atoms with Crippen LogP contribution in [-0.4, -0.2) is 31.2 Å². The lowest BCUT2D eigenvalue weighted by atomic mass is 10.1. The molecule has 17 heavy (non-hydrogen) atoms. The summed E-state index contributed by atoms with van der Waals surface area (Å²) in [7, 11) is 1.82. The minimum Gasteiger partial charge on any atom is -0.508 e. The maximum absolute atomic E-state index is 12.0. The fourth-order valence-corrected chi connectivity index (χ4v) is 1.74. The molecule has 0 aliphatic rings. The summed E-state index contributed by atoms with van der Waals surface area (Å²) in [4.78, 5) is 13.7. The van der Waals surface area contributed by atoms with Crippen molar-refractivity contribution in [3.63, 3.8) is 0 Å². The van der Waals surface area contributed by atoms with E-state index < -0.39 is 0 Å². The second-order valence-corrected chi connectivity index (χ2v) is 3.96. The molecule has 0 saturated heterocycles. The normalized spacial score (nSPS) is 10.3. The molecule has 0 saturated carbocycles. The topological polar surface area (TPSA) is 52.6 Å². The van der Waals surface area contributed by atoms with Crippen LogP contribution in [0.5, 0.6) is 5.75 Å². The molecule has 0 bridgehead atoms. The minimum absolute atomic E-state index is 0.0653. The third kappa shape index (κ3) is 3.46. The van der Waals surface area contributed by atoms with Gasteiger partial charge in [-0.15, -0.1) is 0 Å². The van der Waals surface area contributed by atoms with Crippen molar-refractivity contribution in [3.05, 3.63) is 23.8 Å². The smallest absolute Gasteiger partial charge is 0.228 e. The van der Waals surface area contributed by atoms with E-state index in [9.17, 15) is 9.90 Å². The molecule has 0 aliphatic carbocycles. The van der Waals surface area contributed by atoms with Crippen molar-refractivity contribution in [1.82, 2.24) is 5.32 Å². The Hall–Kier alpha value is -1.55. The van der Waals surface area contributed by atoms with Gasteiger partial charge < -0.3 is 15.3 Å². The zero-order valence-corrected chi connectivity index (χ0v) is 10.7. The van der Waals surface area contributed by atoms with Crippen LogP contribution in [0, 0.1) is 6.92 Å². The van der Waals surface area contributed by atoms with Crippen molar-refractivity contribution in [1.29, 1.82) is 0 Å². The first-order chi connectivity index (χ1) is 8.10. The molecule has 0 fully saturated rings. The highest BCUT2D eigenvalue weighted by Crippen LogP contribution is 2.25. The van der Waals surface area contributed by atoms with Gasteiger partial charge in [0.1, 0.15) is 5.75 Å². The molecule has 1 amide bonds. The Morgan fingerprint density at radius 3 is 2.76 bits per heavy atom. The van der Waals surface area contributed by atoms with Crippen LogP contribution in [0.3, 0.4) is 0 Å². The second-order valence-electron chi connectivity index (χ2n) is 3.96. The SMILES string of the molecule is CCN(C(=O)CCNC)c1cc(O)ccc1C. The molecular weight excluding hydrogens is 216 g/mol. The van der Waals surface area contributed by atoms with Crippen LogP contribution < -0.4 is 10.2 Å². The van der Waals surface area contributed by atoms with E-state index in [2.05, 4.69) is 5.32 Å². The lowest BCUT2D eigenvalue weighted by Crippen LogP contribution is -2.33. The number of nitrogens with zero attached hydrogens (tertiary/aromatic N) is 1. The number of aromatic hydroxyl groups is 1. The largest absolute Gasteiger partial charge is 0.508 e. The molecule has 2 N–H and O–H groups in total. The summed E-state index contributed by atoms with van der Waals surface area (Å²) in [5.74, 6) is 0.251. The maximum Gasteiger partial charge on any atom is 0.228 e. The summed E-state index contributed by atoms with van der Waals surface area (Å²) >= 11 is 0. The molecule has 0 unspecified atom stereocenters. The minimum atomic E-state index is 0.0653. The highest BCUT2D eigenvalue weighted by Gasteiger charge is 2.15. The molecule has 0 aliphatic heterocycles. The van der Waals surface area contributed by atoms with Crippen molar-refractivity contribution in [3.8, 4) is 5.75 Å². The molecule has 4 nitrogen and oxygen atoms in total. The van der Waals surface area contributed by atoms with Crippen molar-refractivity contribution in [2.75, 3.05) is 25.0 Å². The summed E-state index contributed by atoms with van der Waals surface area (Å²) in [6.07, 6.45) is 0.458. The summed E-state index contributed by atoms with van der Waals surface area (Å²) in [6.45, 7) is 5.13. The Morgan fingerprint density at radius 2 is 2.18 bits per heavy atom. The van der Waals surface area contributed by atoms with Gasteiger partial charge in [0.05, 0.1) is 5.69 Å². The first-order valence-corrected chi connectivity index (χ1v) is 5.84. The van der Waals surface area contributed by atoms with E-state index >= 15 is 0 Å². The number of carbonyl (C=O) groups is 1. The Bertz CT molecular complexity index is 391. The monoisotopic (exact) mass is 236 g/mol. The van der Waals surface area contributed by atoms with Crippen LogP contribution in [0.1, 0.15) is 18.9 Å². The number of hydrogen-bond donors (Lipinski definition) is 2. The molecule has 1 aromatic carbocycles. The van der Waals surface area contributed by atoms with Crippen LogP contribution in [0.4, 0.5) is 5.69 Å². The first-order valence-electron chi connectivity index (χ1n) is 5.84. The lowest BCUT2D eigenvalue weighted by molar-refractivity contribution is -0.118. The zero-order valence-electron chi connectivity index (χ0n) is 10.7. The maximum atomic E-state index is 12.0. The fraction of sp³-hybridized carbons (Fsp3) is 0.462. The number of phenolic OH excluding ortho intramolecular Hbond substituents is 1. The van der Waals surface area contributed by atoms with Crippen LogP contribution in [0.25, 0.3) is 0 Å². The van der Waals surface area contributed by atoms with E-state index in [1.165, 1.54) is 0 Å². The van der Waals surface area contributed by atoms with Crippen LogP contribution in [0.15, 0.2) is 18.2 Å². The number of aryl methyl sites for hydroxylation is 1. The molecule has 4 heteroatoms. The van der Waals surface area contributed by atoms with Crippen LogP contribution >= 0.6 is 0 Å². The summed E-state index contributed by atoms with van der Waals surface area (Å²) in [6, 6.07) is 5.08. The molecule has 94 valence electrons. The Balaban J connectivity index is 2.92. The van der Waals surface area contributed by atoms with E-state index in [0.29, 0.717) is 19.5 Å². The number of anilines is 1. The average Bonchev–Trinajstić information content (AvgIpc) is 2.32. The van der Waals surface area contributed by atoms with Gasteiger partial charge in [0.25, 0.3) is 0 Å². The molecular formula is C13H20N2O2. The van der Waals surface area contributed by atoms with Gasteiger partial charge >= 0.3 is 0 Å². The Morgan fingerprint density at radius 1 is 1.47 bits per heavy atom. The van der Waals surface area contributed by atoms with Crippen molar-refractivity contribution < 1.29 is 9.90 Å². The molecule has 0 aromatic heterocycles. The van der Waals surface area contributed by atoms with Gasteiger partial charge in [-0.2, -0.15) is 0 Å². The average molecular weight is 236 g/mol. The van der Waals surface area contributed by atoms with E-state index in [-0.39, 0.29) is 11.7 Å². The third-order valence-electron chi connectivity index (χ3n) is 2.69. The predicted octanol–water partition coefficient (Wildman–Crippen LogP) is 1.66. The van der Waals surface area contributed by atoms with E-state index in [4.69, 9.17) is 0 Å². The fourth-order valence-electron chi connectivity index (χ4n) is 1.74. The number of carbonyl (C=O) groups excluding carboxylic acids is 1. The molecule has 1 aromatic rings. The molecule has 0 atom stereocenters. The molecule has 0 radical (unpaired) electrons. The predicted molar refractivity (Wildman–Crippen MR) is 69.4 cm³/mol. The van der Waals surface area contributed by atoms with Crippen LogP contribution in [0.2, 0.25) is 0 Å². The van der Waals surface area contributed by atoms with E-state index in [1.54, 1.807) is 17.0 Å². The van der Waals surface area contributed by atoms with Gasteiger partial charge in [-0.05, 0) is 32.5 Å². The number of phenols is 1. The van der Waals surface area contributed by atoms with Gasteiger partial charge in [0.15, 0.2) is 0 Å². The van der Waals surface area contributed by atoms with Gasteiger partial charge in [-0.3, -0.25) is 4.79 Å². The quantitative estimate of drug-likeness (QED) is 0.817. The van der Waals surface area contributed by atoms with E-state index in [1.807, 2.05) is 27.0 Å². The number of benzene rings is 1. The Kier molecular flexibility index (Phi) is 4.97. The van der Waals surface area contributed by atoms with Crippen LogP contribution in [-0.2, 0) is 4.79 Å². The zero-order chi connectivity index (χ0) is 12.8. The standard InChI is InChI=1S/C13H20N2O2/c1-4-15(13(17)7-8-14-3)12-9-11(16)6-5-10(12)2/h5-6,9,14,16H,4,7-8H2,1-3H3. The second kappa shape index (κ2) is 6.25. The lowest BCUT2D eigenvalue weighted by Gasteiger charge is -2.23. The molecule has 0 spiro atoms. The highest BCUT2D eigenvalue weighted by molar-refractivity contribution is 5.94. The third-order valence-corrected chi connectivity index (χ3v) is 2.69. The van der Waals surface area contributed by atoms with Crippen molar-refractivity contribution >= 4 is 11.6 Å². The molecule has 1 rings (SSSR count). The number of amides is 1. The van der Waals surface area contributed by atoms with Gasteiger partial charge in [-0.1, -0.05) is 6.07 Å². The van der Waals surface area contributed by atoms with Crippen molar-refractivity contribution in [2.45, 2.75) is 20.3 Å². The summed E-state index contributed by atoms with van der Waals surface area (Å²) in [5, 5.41) is 12.4. The number of nitrogens with one attached hydrogen (secondary N) is 1. The van der Waals surface area contributed by atoms with E-state index in [0.717, 1.165) is 11.3 Å². The highest BCUT2D eigenvalue weighted by atomic mass is 16.3. The first kappa shape index (κ1) is 13.5. The molecule has 0 heterocycles. The van der Waals surface area contributed by atoms with Gasteiger partial charge in [0, 0.05) is 25.6 Å². The van der Waals surface area contributed by atoms with Gasteiger partial charge in [-0.25, -0.2) is 0 Å². The Labute approximate surface area is 102 Å². The summed E-state index contributed by atoms with van der Waals surface area (Å²) < 4.78 is 0. The van der Waals surface area contributed by atoms with Gasteiger partial charge in [0.2, 0.25) is 5.91 Å². The number of hydrogen-bond acceptors (Lipinski definition) is 3.